The number of morpholine rings is 1. The van der Waals surface area contributed by atoms with Crippen LogP contribution in [0.5, 0.6) is 5.88 Å². The Balaban J connectivity index is 1.53. The van der Waals surface area contributed by atoms with Crippen LogP contribution in [0.15, 0.2) is 46.6 Å². The van der Waals surface area contributed by atoms with E-state index in [0.29, 0.717) is 30.5 Å². The number of hydrogen-bond donors (Lipinski definition) is 1. The Labute approximate surface area is 153 Å². The first-order valence-electron chi connectivity index (χ1n) is 8.82. The monoisotopic (exact) mass is 355 g/mol. The van der Waals surface area contributed by atoms with Crippen LogP contribution in [-0.2, 0) is 11.3 Å². The van der Waals surface area contributed by atoms with E-state index in [9.17, 15) is 0 Å². The first-order valence-corrected chi connectivity index (χ1v) is 8.82. The zero-order valence-electron chi connectivity index (χ0n) is 15.1. The first kappa shape index (κ1) is 18.3. The van der Waals surface area contributed by atoms with Gasteiger partial charge in [-0.1, -0.05) is 29.8 Å². The summed E-state index contributed by atoms with van der Waals surface area (Å²) in [6.07, 6.45) is 0. The summed E-state index contributed by atoms with van der Waals surface area (Å²) in [4.78, 5) is 6.66. The Morgan fingerprint density at radius 2 is 2.08 bits per heavy atom. The Morgan fingerprint density at radius 3 is 2.88 bits per heavy atom. The number of ether oxygens (including phenoxy) is 2. The molecule has 7 heteroatoms. The van der Waals surface area contributed by atoms with Gasteiger partial charge in [0.2, 0.25) is 5.88 Å². The highest BCUT2D eigenvalue weighted by Gasteiger charge is 2.10. The number of nitrogens with zero attached hydrogens (tertiary/aromatic N) is 4. The molecule has 2 N–H and O–H groups in total. The van der Waals surface area contributed by atoms with E-state index in [1.165, 1.54) is 5.56 Å². The summed E-state index contributed by atoms with van der Waals surface area (Å²) in [6, 6.07) is 11.6. The number of rotatable bonds is 7. The fourth-order valence-corrected chi connectivity index (χ4v) is 2.74. The molecule has 0 amide bonds. The second-order valence-corrected chi connectivity index (χ2v) is 6.29. The maximum Gasteiger partial charge on any atom is 0.217 e. The molecule has 0 unspecified atom stereocenters. The number of pyridine rings is 1. The molecule has 0 atom stereocenters. The van der Waals surface area contributed by atoms with Crippen molar-refractivity contribution in [2.24, 2.45) is 10.2 Å². The number of hydrogen-bond acceptors (Lipinski definition) is 7. The zero-order chi connectivity index (χ0) is 18.2. The van der Waals surface area contributed by atoms with Gasteiger partial charge in [-0.3, -0.25) is 4.90 Å². The third kappa shape index (κ3) is 5.79. The summed E-state index contributed by atoms with van der Waals surface area (Å²) < 4.78 is 11.1. The molecule has 3 rings (SSSR count). The van der Waals surface area contributed by atoms with Crippen LogP contribution in [0, 0.1) is 6.92 Å². The molecule has 7 nitrogen and oxygen atoms in total. The molecule has 1 aliphatic rings. The van der Waals surface area contributed by atoms with E-state index in [2.05, 4.69) is 39.2 Å². The molecule has 0 spiro atoms. The van der Waals surface area contributed by atoms with E-state index in [1.54, 1.807) is 12.1 Å². The van der Waals surface area contributed by atoms with E-state index in [0.717, 1.165) is 38.4 Å². The molecule has 2 heterocycles. The summed E-state index contributed by atoms with van der Waals surface area (Å²) >= 11 is 0. The van der Waals surface area contributed by atoms with Crippen molar-refractivity contribution in [1.29, 1.82) is 0 Å². The van der Waals surface area contributed by atoms with Crippen LogP contribution in [0.2, 0.25) is 0 Å². The lowest BCUT2D eigenvalue weighted by molar-refractivity contribution is 0.0320. The van der Waals surface area contributed by atoms with Gasteiger partial charge in [0.15, 0.2) is 5.82 Å². The highest BCUT2D eigenvalue weighted by molar-refractivity contribution is 5.49. The molecular formula is C19H25N5O2. The lowest BCUT2D eigenvalue weighted by Crippen LogP contribution is -2.38. The predicted molar refractivity (Wildman–Crippen MR) is 101 cm³/mol. The van der Waals surface area contributed by atoms with E-state index in [-0.39, 0.29) is 0 Å². The summed E-state index contributed by atoms with van der Waals surface area (Å²) in [5, 5.41) is 8.40. The van der Waals surface area contributed by atoms with Crippen molar-refractivity contribution >= 4 is 11.5 Å². The fourth-order valence-electron chi connectivity index (χ4n) is 2.74. The molecule has 0 aliphatic carbocycles. The average Bonchev–Trinajstić information content (AvgIpc) is 2.62. The van der Waals surface area contributed by atoms with E-state index >= 15 is 0 Å². The van der Waals surface area contributed by atoms with Crippen LogP contribution in [0.1, 0.15) is 11.1 Å². The van der Waals surface area contributed by atoms with Gasteiger partial charge in [-0.05, 0) is 12.5 Å². The van der Waals surface area contributed by atoms with Crippen LogP contribution in [-0.4, -0.2) is 49.3 Å². The average molecular weight is 355 g/mol. The summed E-state index contributed by atoms with van der Waals surface area (Å²) in [5.41, 5.74) is 8.80. The molecule has 1 fully saturated rings. The largest absolute Gasteiger partial charge is 0.476 e. The van der Waals surface area contributed by atoms with Gasteiger partial charge in [-0.25, -0.2) is 0 Å². The van der Waals surface area contributed by atoms with E-state index in [1.807, 2.05) is 12.1 Å². The SMILES string of the molecule is Cc1cccc(CN=Nc2cc(N)cc(OCCN3CCOCC3)n2)c1. The normalized spacial score (nSPS) is 15.4. The topological polar surface area (TPSA) is 85.3 Å². The Kier molecular flexibility index (Phi) is 6.51. The van der Waals surface area contributed by atoms with Crippen molar-refractivity contribution in [3.8, 4) is 5.88 Å². The van der Waals surface area contributed by atoms with Crippen LogP contribution >= 0.6 is 0 Å². The highest BCUT2D eigenvalue weighted by atomic mass is 16.5. The third-order valence-corrected chi connectivity index (χ3v) is 4.08. The van der Waals surface area contributed by atoms with Crippen molar-refractivity contribution < 1.29 is 9.47 Å². The standard InChI is InChI=1S/C19H25N5O2/c1-15-3-2-4-16(11-15)14-21-23-18-12-17(20)13-19(22-18)26-10-7-24-5-8-25-9-6-24/h2-4,11-13H,5-10,14H2,1H3,(H2,20,22). The number of aromatic nitrogens is 1. The van der Waals surface area contributed by atoms with E-state index < -0.39 is 0 Å². The Bertz CT molecular complexity index is 744. The van der Waals surface area contributed by atoms with Gasteiger partial charge in [0.1, 0.15) is 6.61 Å². The molecule has 1 saturated heterocycles. The van der Waals surface area contributed by atoms with Crippen LogP contribution < -0.4 is 10.5 Å². The summed E-state index contributed by atoms with van der Waals surface area (Å²) in [5.74, 6) is 0.932. The first-order chi connectivity index (χ1) is 12.7. The van der Waals surface area contributed by atoms with Gasteiger partial charge < -0.3 is 15.2 Å². The zero-order valence-corrected chi connectivity index (χ0v) is 15.1. The van der Waals surface area contributed by atoms with Crippen molar-refractivity contribution in [2.75, 3.05) is 45.2 Å². The maximum absolute atomic E-state index is 5.93. The second-order valence-electron chi connectivity index (χ2n) is 6.29. The molecule has 0 saturated carbocycles. The molecule has 2 aromatic rings. The number of aryl methyl sites for hydroxylation is 1. The molecule has 138 valence electrons. The Hall–Kier alpha value is -2.51. The van der Waals surface area contributed by atoms with Crippen molar-refractivity contribution in [3.05, 3.63) is 47.5 Å². The minimum atomic E-state index is 0.457. The minimum Gasteiger partial charge on any atom is -0.476 e. The summed E-state index contributed by atoms with van der Waals surface area (Å²) in [7, 11) is 0. The number of anilines is 1. The molecular weight excluding hydrogens is 330 g/mol. The molecule has 1 aromatic heterocycles. The van der Waals surface area contributed by atoms with Crippen molar-refractivity contribution in [2.45, 2.75) is 13.5 Å². The molecule has 26 heavy (non-hydrogen) atoms. The molecule has 0 bridgehead atoms. The third-order valence-electron chi connectivity index (χ3n) is 4.08. The van der Waals surface area contributed by atoms with Crippen molar-refractivity contribution in [3.63, 3.8) is 0 Å². The second kappa shape index (κ2) is 9.26. The smallest absolute Gasteiger partial charge is 0.217 e. The van der Waals surface area contributed by atoms with Gasteiger partial charge in [-0.2, -0.15) is 10.1 Å². The van der Waals surface area contributed by atoms with Gasteiger partial charge in [-0.15, -0.1) is 5.11 Å². The lowest BCUT2D eigenvalue weighted by atomic mass is 10.1. The van der Waals surface area contributed by atoms with Gasteiger partial charge >= 0.3 is 0 Å². The molecule has 1 aromatic carbocycles. The molecule has 0 radical (unpaired) electrons. The van der Waals surface area contributed by atoms with Gasteiger partial charge in [0.05, 0.1) is 19.8 Å². The maximum atomic E-state index is 5.93. The highest BCUT2D eigenvalue weighted by Crippen LogP contribution is 2.20. The minimum absolute atomic E-state index is 0.457. The van der Waals surface area contributed by atoms with Gasteiger partial charge in [0.25, 0.3) is 0 Å². The van der Waals surface area contributed by atoms with Crippen LogP contribution in [0.4, 0.5) is 11.5 Å². The number of nitrogens with two attached hydrogens (primary N) is 1. The summed E-state index contributed by atoms with van der Waals surface area (Å²) in [6.45, 7) is 7.38. The quantitative estimate of drug-likeness (QED) is 0.772. The fraction of sp³-hybridized carbons (Fsp3) is 0.421. The number of azo groups is 1. The Morgan fingerprint density at radius 1 is 1.23 bits per heavy atom. The van der Waals surface area contributed by atoms with Crippen LogP contribution in [0.25, 0.3) is 0 Å². The lowest BCUT2D eigenvalue weighted by Gasteiger charge is -2.26. The number of benzene rings is 1. The molecule has 1 aliphatic heterocycles. The van der Waals surface area contributed by atoms with Crippen molar-refractivity contribution in [1.82, 2.24) is 9.88 Å². The number of nitrogen functional groups attached to an aromatic ring is 1. The van der Waals surface area contributed by atoms with Gasteiger partial charge in [0, 0.05) is 37.5 Å². The predicted octanol–water partition coefficient (Wildman–Crippen LogP) is 2.97. The van der Waals surface area contributed by atoms with Crippen LogP contribution in [0.3, 0.4) is 0 Å². The van der Waals surface area contributed by atoms with E-state index in [4.69, 9.17) is 15.2 Å².